The van der Waals surface area contributed by atoms with E-state index in [2.05, 4.69) is 27.2 Å². The van der Waals surface area contributed by atoms with E-state index in [-0.39, 0.29) is 19.5 Å². The molecule has 0 radical (unpaired) electrons. The van der Waals surface area contributed by atoms with Gasteiger partial charge in [0.15, 0.2) is 0 Å². The lowest BCUT2D eigenvalue weighted by Gasteiger charge is -2.48. The summed E-state index contributed by atoms with van der Waals surface area (Å²) in [5.74, 6) is 0. The summed E-state index contributed by atoms with van der Waals surface area (Å²) in [6.07, 6.45) is 6.77. The third kappa shape index (κ3) is 2.87. The zero-order valence-corrected chi connectivity index (χ0v) is 16.7. The van der Waals surface area contributed by atoms with Crippen LogP contribution in [0, 0.1) is 22.7 Å². The Hall–Kier alpha value is -3.25. The molecule has 1 fully saturated rings. The quantitative estimate of drug-likeness (QED) is 0.667. The van der Waals surface area contributed by atoms with Crippen molar-refractivity contribution in [3.63, 3.8) is 0 Å². The van der Waals surface area contributed by atoms with Crippen molar-refractivity contribution >= 4 is 21.2 Å². The van der Waals surface area contributed by atoms with Gasteiger partial charge in [0.2, 0.25) is 0 Å². The highest BCUT2D eigenvalue weighted by atomic mass is 32.2. The molecule has 11 heteroatoms. The number of fused-ring (bicyclic) bond motifs is 1. The summed E-state index contributed by atoms with van der Waals surface area (Å²) in [6.45, 7) is 0.312. The van der Waals surface area contributed by atoms with Crippen molar-refractivity contribution < 1.29 is 8.42 Å². The fraction of sp³-hybridized carbons (Fsp3) is 0.333. The first-order valence-corrected chi connectivity index (χ1v) is 10.2. The maximum atomic E-state index is 12.4. The van der Waals surface area contributed by atoms with Crippen molar-refractivity contribution in [2.45, 2.75) is 12.0 Å². The van der Waals surface area contributed by atoms with E-state index in [0.29, 0.717) is 22.3 Å². The minimum Gasteiger partial charge on any atom is -0.346 e. The summed E-state index contributed by atoms with van der Waals surface area (Å²) in [7, 11) is -0.608. The molecule has 3 aromatic rings. The summed E-state index contributed by atoms with van der Waals surface area (Å²) >= 11 is 0. The summed E-state index contributed by atoms with van der Waals surface area (Å²) in [4.78, 5) is 7.26. The van der Waals surface area contributed by atoms with Crippen LogP contribution < -0.4 is 0 Å². The van der Waals surface area contributed by atoms with E-state index in [9.17, 15) is 18.9 Å². The first-order chi connectivity index (χ1) is 13.8. The lowest BCUT2D eigenvalue weighted by Crippen LogP contribution is -2.65. The molecule has 10 nitrogen and oxygen atoms in total. The molecular weight excluding hydrogens is 392 g/mol. The van der Waals surface area contributed by atoms with Gasteiger partial charge in [0.1, 0.15) is 17.3 Å². The van der Waals surface area contributed by atoms with E-state index in [1.165, 1.54) is 24.6 Å². The first-order valence-electron chi connectivity index (χ1n) is 8.79. The second-order valence-electron chi connectivity index (χ2n) is 7.19. The van der Waals surface area contributed by atoms with Crippen molar-refractivity contribution in [2.24, 2.45) is 0 Å². The molecule has 0 spiro atoms. The third-order valence-corrected chi connectivity index (χ3v) is 7.04. The molecule has 1 saturated heterocycles. The maximum absolute atomic E-state index is 12.4. The minimum atomic E-state index is -3.55. The smallest absolute Gasteiger partial charge is 0.281 e. The Morgan fingerprint density at radius 3 is 2.72 bits per heavy atom. The number of hydrogen-bond acceptors (Lipinski definition) is 6. The number of H-pyrrole nitrogens is 1. The lowest BCUT2D eigenvalue weighted by atomic mass is 9.89. The Kier molecular flexibility index (Phi) is 4.39. The second kappa shape index (κ2) is 6.67. The third-order valence-electron chi connectivity index (χ3n) is 5.20. The fourth-order valence-electron chi connectivity index (χ4n) is 3.60. The van der Waals surface area contributed by atoms with Gasteiger partial charge in [0, 0.05) is 62.3 Å². The number of aromatic nitrogens is 4. The van der Waals surface area contributed by atoms with Crippen LogP contribution in [0.2, 0.25) is 0 Å². The Balaban J connectivity index is 1.74. The van der Waals surface area contributed by atoms with E-state index in [0.717, 1.165) is 9.69 Å². The Bertz CT molecular complexity index is 1270. The van der Waals surface area contributed by atoms with Gasteiger partial charge >= 0.3 is 0 Å². The average molecular weight is 410 g/mol. The van der Waals surface area contributed by atoms with Crippen LogP contribution in [-0.4, -0.2) is 64.0 Å². The van der Waals surface area contributed by atoms with Crippen LogP contribution in [0.1, 0.15) is 12.0 Å². The largest absolute Gasteiger partial charge is 0.346 e. The average Bonchev–Trinajstić information content (AvgIpc) is 3.32. The van der Waals surface area contributed by atoms with Crippen LogP contribution in [0.4, 0.5) is 0 Å². The van der Waals surface area contributed by atoms with E-state index in [1.54, 1.807) is 23.3 Å². The standard InChI is InChI=1S/C18H18N8O2S/c1-24(2)29(27,28)25-11-18(12-25,4-5-19)26-10-14(9-23-26)16-13(7-20)8-22-17-15(16)3-6-21-17/h3,6,8-10H,4,11-12H2,1-2H3,(H,21,22). The molecule has 1 aliphatic heterocycles. The predicted molar refractivity (Wildman–Crippen MR) is 104 cm³/mol. The highest BCUT2D eigenvalue weighted by Gasteiger charge is 2.50. The fourth-order valence-corrected chi connectivity index (χ4v) is 4.87. The van der Waals surface area contributed by atoms with Crippen molar-refractivity contribution in [3.05, 3.63) is 36.4 Å². The first kappa shape index (κ1) is 19.1. The molecule has 0 saturated carbocycles. The predicted octanol–water partition coefficient (Wildman–Crippen LogP) is 1.03. The van der Waals surface area contributed by atoms with Crippen LogP contribution in [0.15, 0.2) is 30.9 Å². The molecule has 0 aliphatic carbocycles. The summed E-state index contributed by atoms with van der Waals surface area (Å²) in [6, 6.07) is 6.14. The lowest BCUT2D eigenvalue weighted by molar-refractivity contribution is 0.0675. The van der Waals surface area contributed by atoms with Crippen LogP contribution in [0.5, 0.6) is 0 Å². The normalized spacial score (nSPS) is 16.4. The van der Waals surface area contributed by atoms with Gasteiger partial charge in [-0.1, -0.05) is 0 Å². The van der Waals surface area contributed by atoms with Crippen LogP contribution in [0.25, 0.3) is 22.2 Å². The zero-order chi connectivity index (χ0) is 20.8. The number of nitrogens with zero attached hydrogens (tertiary/aromatic N) is 7. The zero-order valence-electron chi connectivity index (χ0n) is 15.9. The van der Waals surface area contributed by atoms with Gasteiger partial charge in [0.25, 0.3) is 10.2 Å². The van der Waals surface area contributed by atoms with E-state index < -0.39 is 15.7 Å². The van der Waals surface area contributed by atoms with Gasteiger partial charge in [-0.3, -0.25) is 4.68 Å². The highest BCUT2D eigenvalue weighted by molar-refractivity contribution is 7.86. The Morgan fingerprint density at radius 2 is 2.07 bits per heavy atom. The number of nitriles is 2. The van der Waals surface area contributed by atoms with Gasteiger partial charge in [-0.2, -0.15) is 32.7 Å². The van der Waals surface area contributed by atoms with E-state index >= 15 is 0 Å². The van der Waals surface area contributed by atoms with Crippen LogP contribution in [-0.2, 0) is 15.7 Å². The molecule has 4 rings (SSSR count). The van der Waals surface area contributed by atoms with Crippen molar-refractivity contribution in [3.8, 4) is 23.3 Å². The highest BCUT2D eigenvalue weighted by Crippen LogP contribution is 2.37. The van der Waals surface area contributed by atoms with Gasteiger partial charge < -0.3 is 4.98 Å². The molecule has 0 atom stereocenters. The second-order valence-corrected chi connectivity index (χ2v) is 9.33. The molecule has 1 aliphatic rings. The molecule has 4 heterocycles. The molecule has 29 heavy (non-hydrogen) atoms. The summed E-state index contributed by atoms with van der Waals surface area (Å²) < 4.78 is 28.8. The monoisotopic (exact) mass is 410 g/mol. The van der Waals surface area contributed by atoms with Crippen LogP contribution >= 0.6 is 0 Å². The van der Waals surface area contributed by atoms with Crippen molar-refractivity contribution in [2.75, 3.05) is 27.2 Å². The molecular formula is C18H18N8O2S. The summed E-state index contributed by atoms with van der Waals surface area (Å²) in [5.41, 5.74) is 1.74. The van der Waals surface area contributed by atoms with Gasteiger partial charge in [-0.15, -0.1) is 0 Å². The SMILES string of the molecule is CN(C)S(=O)(=O)N1CC(CC#N)(n2cc(-c3c(C#N)cnc4[nH]ccc34)cn2)C1. The molecule has 0 aromatic carbocycles. The number of pyridine rings is 1. The Morgan fingerprint density at radius 1 is 1.31 bits per heavy atom. The minimum absolute atomic E-state index is 0.120. The van der Waals surface area contributed by atoms with Gasteiger partial charge in [-0.05, 0) is 6.07 Å². The number of aromatic amines is 1. The van der Waals surface area contributed by atoms with E-state index in [4.69, 9.17) is 0 Å². The van der Waals surface area contributed by atoms with Gasteiger partial charge in [-0.25, -0.2) is 4.98 Å². The molecule has 0 bridgehead atoms. The molecule has 0 amide bonds. The topological polar surface area (TPSA) is 135 Å². The van der Waals surface area contributed by atoms with Crippen molar-refractivity contribution in [1.29, 1.82) is 10.5 Å². The van der Waals surface area contributed by atoms with E-state index in [1.807, 2.05) is 6.07 Å². The number of rotatable bonds is 5. The molecule has 0 unspecified atom stereocenters. The van der Waals surface area contributed by atoms with Crippen LogP contribution in [0.3, 0.4) is 0 Å². The number of hydrogen-bond donors (Lipinski definition) is 1. The molecule has 148 valence electrons. The molecule has 3 aromatic heterocycles. The Labute approximate surface area is 167 Å². The maximum Gasteiger partial charge on any atom is 0.281 e. The van der Waals surface area contributed by atoms with Gasteiger partial charge in [0.05, 0.1) is 24.3 Å². The molecule has 1 N–H and O–H groups in total. The van der Waals surface area contributed by atoms with Crippen molar-refractivity contribution in [1.82, 2.24) is 28.4 Å². The summed E-state index contributed by atoms with van der Waals surface area (Å²) in [5, 5.41) is 24.1. The number of nitrogens with one attached hydrogen (secondary N) is 1.